The number of hydrogen-bond donors (Lipinski definition) is 0. The van der Waals surface area contributed by atoms with Gasteiger partial charge >= 0.3 is 0 Å². The van der Waals surface area contributed by atoms with Crippen LogP contribution in [0.4, 0.5) is 0 Å². The summed E-state index contributed by atoms with van der Waals surface area (Å²) in [6.07, 6.45) is 11.1. The Hall–Kier alpha value is -1.24. The van der Waals surface area contributed by atoms with Crippen molar-refractivity contribution in [1.29, 1.82) is 0 Å². The molecule has 2 aliphatic carbocycles. The Bertz CT molecular complexity index is 398. The number of carbonyl (C=O) groups excluding carboxylic acids is 2. The molecular weight excluding hydrogens is 264 g/mol. The second-order valence-corrected chi connectivity index (χ2v) is 6.71. The van der Waals surface area contributed by atoms with Crippen LogP contribution in [0.25, 0.3) is 0 Å². The van der Waals surface area contributed by atoms with Gasteiger partial charge in [-0.25, -0.2) is 19.6 Å². The summed E-state index contributed by atoms with van der Waals surface area (Å²) in [5, 5.41) is 0. The van der Waals surface area contributed by atoms with Crippen LogP contribution >= 0.6 is 0 Å². The van der Waals surface area contributed by atoms with Crippen LogP contribution in [0.1, 0.15) is 58.8 Å². The SMILES string of the molecule is CCCC(N=C=O)C1CC2CC1CC2C(CCC)N=C=O. The van der Waals surface area contributed by atoms with Crippen LogP contribution in [0, 0.1) is 23.7 Å². The Kier molecular flexibility index (Phi) is 5.90. The van der Waals surface area contributed by atoms with Gasteiger partial charge in [0, 0.05) is 0 Å². The number of isocyanates is 2. The molecule has 0 heterocycles. The zero-order valence-corrected chi connectivity index (χ0v) is 13.1. The summed E-state index contributed by atoms with van der Waals surface area (Å²) in [5.41, 5.74) is 0. The van der Waals surface area contributed by atoms with Gasteiger partial charge in [0.2, 0.25) is 12.2 Å². The van der Waals surface area contributed by atoms with Crippen LogP contribution in [0.5, 0.6) is 0 Å². The molecule has 0 radical (unpaired) electrons. The molecule has 0 amide bonds. The van der Waals surface area contributed by atoms with E-state index in [4.69, 9.17) is 0 Å². The maximum absolute atomic E-state index is 10.6. The van der Waals surface area contributed by atoms with Crippen molar-refractivity contribution in [3.05, 3.63) is 0 Å². The molecule has 2 saturated carbocycles. The second kappa shape index (κ2) is 7.68. The summed E-state index contributed by atoms with van der Waals surface area (Å²) in [5.74, 6) is 2.37. The van der Waals surface area contributed by atoms with Gasteiger partial charge < -0.3 is 0 Å². The molecule has 0 aromatic carbocycles. The van der Waals surface area contributed by atoms with Gasteiger partial charge in [-0.15, -0.1) is 0 Å². The van der Waals surface area contributed by atoms with E-state index in [0.29, 0.717) is 23.7 Å². The van der Waals surface area contributed by atoms with Crippen molar-refractivity contribution in [2.75, 3.05) is 0 Å². The minimum Gasteiger partial charge on any atom is -0.211 e. The topological polar surface area (TPSA) is 58.9 Å². The molecule has 4 nitrogen and oxygen atoms in total. The minimum atomic E-state index is 0.155. The Morgan fingerprint density at radius 3 is 1.57 bits per heavy atom. The van der Waals surface area contributed by atoms with Crippen LogP contribution in [0.3, 0.4) is 0 Å². The minimum absolute atomic E-state index is 0.155. The lowest BCUT2D eigenvalue weighted by Gasteiger charge is -2.33. The Morgan fingerprint density at radius 1 is 0.857 bits per heavy atom. The first-order valence-corrected chi connectivity index (χ1v) is 8.39. The molecule has 0 aliphatic heterocycles. The van der Waals surface area contributed by atoms with Gasteiger partial charge in [-0.3, -0.25) is 0 Å². The van der Waals surface area contributed by atoms with E-state index in [-0.39, 0.29) is 12.1 Å². The van der Waals surface area contributed by atoms with Gasteiger partial charge in [0.25, 0.3) is 0 Å². The number of nitrogens with zero attached hydrogens (tertiary/aromatic N) is 2. The fourth-order valence-electron chi connectivity index (χ4n) is 4.78. The Morgan fingerprint density at radius 2 is 1.29 bits per heavy atom. The highest BCUT2D eigenvalue weighted by Gasteiger charge is 2.50. The summed E-state index contributed by atoms with van der Waals surface area (Å²) < 4.78 is 0. The number of aliphatic imine (C=N–C) groups is 2. The standard InChI is InChI=1S/C17H26N2O2/c1-3-5-16(18-10-20)14-8-13-7-12(14)9-15(13)17(6-4-2)19-11-21/h12-17H,3-9H2,1-2H3. The fraction of sp³-hybridized carbons (Fsp3) is 0.882. The van der Waals surface area contributed by atoms with E-state index in [1.165, 1.54) is 6.42 Å². The number of rotatable bonds is 8. The Labute approximate surface area is 127 Å². The molecule has 0 saturated heterocycles. The maximum atomic E-state index is 10.6. The summed E-state index contributed by atoms with van der Waals surface area (Å²) >= 11 is 0. The van der Waals surface area contributed by atoms with Gasteiger partial charge in [-0.1, -0.05) is 26.7 Å². The van der Waals surface area contributed by atoms with Gasteiger partial charge in [-0.05, 0) is 55.8 Å². The van der Waals surface area contributed by atoms with E-state index < -0.39 is 0 Å². The lowest BCUT2D eigenvalue weighted by Crippen LogP contribution is -2.31. The van der Waals surface area contributed by atoms with Crippen molar-refractivity contribution < 1.29 is 9.59 Å². The normalized spacial score (nSPS) is 33.0. The molecule has 6 unspecified atom stereocenters. The molecule has 2 bridgehead atoms. The molecule has 0 aromatic rings. The van der Waals surface area contributed by atoms with Gasteiger partial charge in [0.05, 0.1) is 12.1 Å². The fourth-order valence-corrected chi connectivity index (χ4v) is 4.78. The average Bonchev–Trinajstić information content (AvgIpc) is 3.07. The summed E-state index contributed by atoms with van der Waals surface area (Å²) in [6, 6.07) is 0.310. The lowest BCUT2D eigenvalue weighted by atomic mass is 9.74. The van der Waals surface area contributed by atoms with Crippen LogP contribution in [-0.4, -0.2) is 24.2 Å². The van der Waals surface area contributed by atoms with Gasteiger partial charge in [0.15, 0.2) is 0 Å². The van der Waals surface area contributed by atoms with Crippen LogP contribution < -0.4 is 0 Å². The Balaban J connectivity index is 2.03. The monoisotopic (exact) mass is 290 g/mol. The molecule has 0 spiro atoms. The van der Waals surface area contributed by atoms with E-state index in [2.05, 4.69) is 23.8 Å². The predicted molar refractivity (Wildman–Crippen MR) is 81.4 cm³/mol. The molecule has 2 fully saturated rings. The highest BCUT2D eigenvalue weighted by atomic mass is 16.1. The van der Waals surface area contributed by atoms with Crippen molar-refractivity contribution in [3.8, 4) is 0 Å². The van der Waals surface area contributed by atoms with E-state index in [1.807, 2.05) is 0 Å². The molecule has 116 valence electrons. The third-order valence-corrected chi connectivity index (χ3v) is 5.56. The van der Waals surface area contributed by atoms with Gasteiger partial charge in [0.1, 0.15) is 0 Å². The lowest BCUT2D eigenvalue weighted by molar-refractivity contribution is 0.196. The van der Waals surface area contributed by atoms with Crippen LogP contribution in [0.2, 0.25) is 0 Å². The second-order valence-electron chi connectivity index (χ2n) is 6.71. The molecule has 21 heavy (non-hydrogen) atoms. The van der Waals surface area contributed by atoms with Crippen molar-refractivity contribution in [2.24, 2.45) is 33.7 Å². The first kappa shape index (κ1) is 16.1. The largest absolute Gasteiger partial charge is 0.235 e. The highest BCUT2D eigenvalue weighted by molar-refractivity contribution is 5.34. The van der Waals surface area contributed by atoms with Crippen molar-refractivity contribution in [1.82, 2.24) is 0 Å². The van der Waals surface area contributed by atoms with E-state index in [1.54, 1.807) is 12.2 Å². The van der Waals surface area contributed by atoms with Crippen molar-refractivity contribution >= 4 is 12.2 Å². The molecule has 6 atom stereocenters. The molecule has 0 N–H and O–H groups in total. The number of hydrogen-bond acceptors (Lipinski definition) is 4. The molecule has 0 aromatic heterocycles. The van der Waals surface area contributed by atoms with Crippen LogP contribution in [-0.2, 0) is 9.59 Å². The first-order chi connectivity index (χ1) is 10.2. The average molecular weight is 290 g/mol. The van der Waals surface area contributed by atoms with Crippen molar-refractivity contribution in [2.45, 2.75) is 70.9 Å². The molecular formula is C17H26N2O2. The molecule has 2 rings (SSSR count). The van der Waals surface area contributed by atoms with E-state index in [0.717, 1.165) is 38.5 Å². The summed E-state index contributed by atoms with van der Waals surface area (Å²) in [7, 11) is 0. The molecule has 2 aliphatic rings. The maximum Gasteiger partial charge on any atom is 0.235 e. The molecule has 4 heteroatoms. The number of fused-ring (bicyclic) bond motifs is 2. The van der Waals surface area contributed by atoms with Crippen molar-refractivity contribution in [3.63, 3.8) is 0 Å². The third-order valence-electron chi connectivity index (χ3n) is 5.56. The van der Waals surface area contributed by atoms with Gasteiger partial charge in [-0.2, -0.15) is 0 Å². The zero-order valence-electron chi connectivity index (χ0n) is 13.1. The third kappa shape index (κ3) is 3.51. The zero-order chi connectivity index (χ0) is 15.2. The van der Waals surface area contributed by atoms with E-state index >= 15 is 0 Å². The first-order valence-electron chi connectivity index (χ1n) is 8.39. The van der Waals surface area contributed by atoms with Crippen LogP contribution in [0.15, 0.2) is 9.98 Å². The summed E-state index contributed by atoms with van der Waals surface area (Å²) in [6.45, 7) is 4.28. The highest BCUT2D eigenvalue weighted by Crippen LogP contribution is 2.55. The smallest absolute Gasteiger partial charge is 0.211 e. The summed E-state index contributed by atoms with van der Waals surface area (Å²) in [4.78, 5) is 29.4. The predicted octanol–water partition coefficient (Wildman–Crippen LogP) is 3.66. The quantitative estimate of drug-likeness (QED) is 0.506. The van der Waals surface area contributed by atoms with E-state index in [9.17, 15) is 9.59 Å².